The Morgan fingerprint density at radius 1 is 1.06 bits per heavy atom. The van der Waals surface area contributed by atoms with Crippen molar-refractivity contribution in [1.29, 1.82) is 0 Å². The Bertz CT molecular complexity index is 480. The van der Waals surface area contributed by atoms with Crippen molar-refractivity contribution in [3.8, 4) is 0 Å². The Morgan fingerprint density at radius 2 is 1.61 bits per heavy atom. The summed E-state index contributed by atoms with van der Waals surface area (Å²) >= 11 is 3.18. The normalized spacial score (nSPS) is 12.7. The minimum Gasteiger partial charge on any atom is -0.224 e. The van der Waals surface area contributed by atoms with E-state index in [-0.39, 0.29) is 10.6 Å². The quantitative estimate of drug-likeness (QED) is 0.603. The van der Waals surface area contributed by atoms with Crippen LogP contribution in [0.2, 0.25) is 0 Å². The molecule has 1 aromatic carbocycles. The molecule has 0 saturated carbocycles. The number of unbranched alkanes of at least 4 members (excludes halogenated alkanes) is 1. The first-order valence-corrected chi connectivity index (χ1v) is 8.01. The van der Waals surface area contributed by atoms with Crippen molar-refractivity contribution in [2.75, 3.05) is 11.1 Å². The highest BCUT2D eigenvalue weighted by Gasteiger charge is 2.30. The van der Waals surface area contributed by atoms with E-state index in [2.05, 4.69) is 15.9 Å². The first-order chi connectivity index (χ1) is 8.27. The van der Waals surface area contributed by atoms with Gasteiger partial charge in [0.2, 0.25) is 0 Å². The molecule has 0 fully saturated rings. The Labute approximate surface area is 112 Å². The minimum atomic E-state index is -4.45. The van der Waals surface area contributed by atoms with Gasteiger partial charge in [-0.1, -0.05) is 15.9 Å². The molecule has 0 saturated heterocycles. The monoisotopic (exact) mass is 344 g/mol. The molecule has 0 aliphatic rings. The van der Waals surface area contributed by atoms with Crippen molar-refractivity contribution in [2.24, 2.45) is 0 Å². The van der Waals surface area contributed by atoms with Crippen molar-refractivity contribution in [3.05, 3.63) is 29.8 Å². The Kier molecular flexibility index (Phi) is 5.21. The lowest BCUT2D eigenvalue weighted by atomic mass is 10.2. The van der Waals surface area contributed by atoms with Gasteiger partial charge >= 0.3 is 6.18 Å². The van der Waals surface area contributed by atoms with Crippen LogP contribution < -0.4 is 0 Å². The zero-order valence-electron chi connectivity index (χ0n) is 9.37. The standard InChI is InChI=1S/C11H12BrF3O2S/c12-7-1-2-8-18(16,17)10-5-3-9(4-6-10)11(13,14)15/h3-6H,1-2,7-8H2. The average molecular weight is 345 g/mol. The molecule has 0 radical (unpaired) electrons. The molecule has 0 atom stereocenters. The van der Waals surface area contributed by atoms with Crippen LogP contribution in [0, 0.1) is 0 Å². The van der Waals surface area contributed by atoms with Crippen LogP contribution in [0.25, 0.3) is 0 Å². The molecular formula is C11H12BrF3O2S. The molecule has 0 aliphatic carbocycles. The summed E-state index contributed by atoms with van der Waals surface area (Å²) in [5, 5.41) is 0.704. The topological polar surface area (TPSA) is 34.1 Å². The van der Waals surface area contributed by atoms with Gasteiger partial charge < -0.3 is 0 Å². The second-order valence-electron chi connectivity index (χ2n) is 3.74. The van der Waals surface area contributed by atoms with Crippen molar-refractivity contribution in [3.63, 3.8) is 0 Å². The molecule has 1 rings (SSSR count). The minimum absolute atomic E-state index is 0.0516. The predicted octanol–water partition coefficient (Wildman–Crippen LogP) is 3.65. The molecule has 102 valence electrons. The number of sulfone groups is 1. The molecule has 0 unspecified atom stereocenters. The Balaban J connectivity index is 2.85. The maximum absolute atomic E-state index is 12.3. The van der Waals surface area contributed by atoms with Gasteiger partial charge in [0.15, 0.2) is 9.84 Å². The summed E-state index contributed by atoms with van der Waals surface area (Å²) in [6, 6.07) is 3.59. The number of alkyl halides is 4. The number of rotatable bonds is 5. The molecule has 0 N–H and O–H groups in total. The van der Waals surface area contributed by atoms with Crippen LogP contribution >= 0.6 is 15.9 Å². The highest BCUT2D eigenvalue weighted by atomic mass is 79.9. The lowest BCUT2D eigenvalue weighted by Crippen LogP contribution is -2.09. The van der Waals surface area contributed by atoms with Crippen molar-refractivity contribution < 1.29 is 21.6 Å². The first kappa shape index (κ1) is 15.5. The third-order valence-electron chi connectivity index (χ3n) is 2.34. The van der Waals surface area contributed by atoms with Crippen LogP contribution in [0.3, 0.4) is 0 Å². The van der Waals surface area contributed by atoms with E-state index in [0.717, 1.165) is 24.3 Å². The molecule has 2 nitrogen and oxygen atoms in total. The van der Waals surface area contributed by atoms with Crippen molar-refractivity contribution in [1.82, 2.24) is 0 Å². The van der Waals surface area contributed by atoms with Crippen LogP contribution in [0.5, 0.6) is 0 Å². The van der Waals surface area contributed by atoms with Gasteiger partial charge in [-0.05, 0) is 37.1 Å². The third-order valence-corrected chi connectivity index (χ3v) is 4.71. The van der Waals surface area contributed by atoms with E-state index in [1.165, 1.54) is 0 Å². The zero-order chi connectivity index (χ0) is 13.8. The van der Waals surface area contributed by atoms with E-state index >= 15 is 0 Å². The van der Waals surface area contributed by atoms with E-state index < -0.39 is 21.6 Å². The van der Waals surface area contributed by atoms with Gasteiger partial charge in [-0.2, -0.15) is 13.2 Å². The highest BCUT2D eigenvalue weighted by molar-refractivity contribution is 9.09. The van der Waals surface area contributed by atoms with E-state index in [9.17, 15) is 21.6 Å². The molecule has 1 aromatic rings. The third kappa shape index (κ3) is 4.28. The summed E-state index contributed by atoms with van der Waals surface area (Å²) in [5.41, 5.74) is -0.845. The number of benzene rings is 1. The van der Waals surface area contributed by atoms with Gasteiger partial charge in [0.25, 0.3) is 0 Å². The van der Waals surface area contributed by atoms with Gasteiger partial charge in [-0.3, -0.25) is 0 Å². The molecule has 0 aromatic heterocycles. The predicted molar refractivity (Wildman–Crippen MR) is 66.5 cm³/mol. The van der Waals surface area contributed by atoms with Crippen LogP contribution in [-0.2, 0) is 16.0 Å². The number of halogens is 4. The smallest absolute Gasteiger partial charge is 0.224 e. The summed E-state index contributed by atoms with van der Waals surface area (Å²) in [6.07, 6.45) is -3.26. The molecule has 0 bridgehead atoms. The molecule has 0 aliphatic heterocycles. The largest absolute Gasteiger partial charge is 0.416 e. The average Bonchev–Trinajstić information content (AvgIpc) is 2.28. The SMILES string of the molecule is O=S(=O)(CCCCBr)c1ccc(C(F)(F)F)cc1. The maximum atomic E-state index is 12.3. The van der Waals surface area contributed by atoms with Gasteiger partial charge in [0, 0.05) is 5.33 Å². The Hall–Kier alpha value is -0.560. The van der Waals surface area contributed by atoms with E-state index in [0.29, 0.717) is 18.2 Å². The molecule has 18 heavy (non-hydrogen) atoms. The fraction of sp³-hybridized carbons (Fsp3) is 0.455. The van der Waals surface area contributed by atoms with E-state index in [4.69, 9.17) is 0 Å². The second kappa shape index (κ2) is 6.06. The fourth-order valence-corrected chi connectivity index (χ4v) is 3.12. The van der Waals surface area contributed by atoms with Gasteiger partial charge in [0.05, 0.1) is 16.2 Å². The summed E-state index contributed by atoms with van der Waals surface area (Å²) in [6.45, 7) is 0. The lowest BCUT2D eigenvalue weighted by Gasteiger charge is -2.08. The summed E-state index contributed by atoms with van der Waals surface area (Å²) in [7, 11) is -3.48. The fourth-order valence-electron chi connectivity index (χ4n) is 1.36. The molecule has 0 amide bonds. The Morgan fingerprint density at radius 3 is 2.06 bits per heavy atom. The van der Waals surface area contributed by atoms with Crippen molar-refractivity contribution in [2.45, 2.75) is 23.9 Å². The zero-order valence-corrected chi connectivity index (χ0v) is 11.8. The molecule has 0 heterocycles. The van der Waals surface area contributed by atoms with Gasteiger partial charge in [-0.15, -0.1) is 0 Å². The number of hydrogen-bond donors (Lipinski definition) is 0. The molecule has 7 heteroatoms. The highest BCUT2D eigenvalue weighted by Crippen LogP contribution is 2.29. The van der Waals surface area contributed by atoms with Crippen LogP contribution in [0.15, 0.2) is 29.2 Å². The van der Waals surface area contributed by atoms with Gasteiger partial charge in [-0.25, -0.2) is 8.42 Å². The van der Waals surface area contributed by atoms with Crippen LogP contribution in [-0.4, -0.2) is 19.5 Å². The van der Waals surface area contributed by atoms with E-state index in [1.54, 1.807) is 0 Å². The maximum Gasteiger partial charge on any atom is 0.416 e. The molecular weight excluding hydrogens is 333 g/mol. The lowest BCUT2D eigenvalue weighted by molar-refractivity contribution is -0.137. The first-order valence-electron chi connectivity index (χ1n) is 5.23. The molecule has 0 spiro atoms. The summed E-state index contributed by atoms with van der Waals surface area (Å²) in [4.78, 5) is -0.0647. The van der Waals surface area contributed by atoms with Crippen molar-refractivity contribution >= 4 is 25.8 Å². The van der Waals surface area contributed by atoms with Gasteiger partial charge in [0.1, 0.15) is 0 Å². The second-order valence-corrected chi connectivity index (χ2v) is 6.64. The van der Waals surface area contributed by atoms with E-state index in [1.807, 2.05) is 0 Å². The number of hydrogen-bond acceptors (Lipinski definition) is 2. The van der Waals surface area contributed by atoms with Crippen LogP contribution in [0.1, 0.15) is 18.4 Å². The summed E-state index contributed by atoms with van der Waals surface area (Å²) < 4.78 is 60.5. The van der Waals surface area contributed by atoms with Crippen LogP contribution in [0.4, 0.5) is 13.2 Å². The summed E-state index contributed by atoms with van der Waals surface area (Å²) in [5.74, 6) is -0.0516.